The minimum Gasteiger partial charge on any atom is -0.408 e. The largest absolute Gasteiger partial charge is 0.419 e. The highest BCUT2D eigenvalue weighted by atomic mass is 32.2. The Labute approximate surface area is 160 Å². The van der Waals surface area contributed by atoms with E-state index >= 15 is 0 Å². The van der Waals surface area contributed by atoms with E-state index in [0.29, 0.717) is 22.5 Å². The molecule has 0 saturated heterocycles. The van der Waals surface area contributed by atoms with Crippen LogP contribution in [0.2, 0.25) is 0 Å². The van der Waals surface area contributed by atoms with E-state index in [4.69, 9.17) is 4.42 Å². The number of nitrogens with zero attached hydrogens (tertiary/aromatic N) is 4. The van der Waals surface area contributed by atoms with Gasteiger partial charge >= 0.3 is 5.76 Å². The molecule has 0 amide bonds. The third-order valence-corrected chi connectivity index (χ3v) is 5.85. The second-order valence-corrected chi connectivity index (χ2v) is 8.03. The van der Waals surface area contributed by atoms with Gasteiger partial charge in [0.15, 0.2) is 5.58 Å². The highest BCUT2D eigenvalue weighted by molar-refractivity contribution is 7.89. The number of oxazole rings is 1. The van der Waals surface area contributed by atoms with Crippen LogP contribution >= 0.6 is 0 Å². The second-order valence-electron chi connectivity index (χ2n) is 6.27. The summed E-state index contributed by atoms with van der Waals surface area (Å²) in [4.78, 5) is 15.7. The molecule has 28 heavy (non-hydrogen) atoms. The fourth-order valence-corrected chi connectivity index (χ4v) is 3.87. The zero-order valence-corrected chi connectivity index (χ0v) is 16.0. The van der Waals surface area contributed by atoms with Crippen LogP contribution in [0.25, 0.3) is 22.4 Å². The minimum absolute atomic E-state index is 0.0473. The van der Waals surface area contributed by atoms with Crippen LogP contribution in [0.4, 0.5) is 0 Å². The van der Waals surface area contributed by atoms with Gasteiger partial charge in [-0.1, -0.05) is 0 Å². The molecule has 3 aromatic heterocycles. The number of sulfonamides is 1. The lowest BCUT2D eigenvalue weighted by atomic mass is 10.2. The molecular weight excluding hydrogens is 382 g/mol. The van der Waals surface area contributed by atoms with Crippen LogP contribution in [0.15, 0.2) is 62.9 Å². The predicted octanol–water partition coefficient (Wildman–Crippen LogP) is 1.41. The molecule has 9 nitrogen and oxygen atoms in total. The third kappa shape index (κ3) is 3.23. The average Bonchev–Trinajstić information content (AvgIpc) is 3.20. The van der Waals surface area contributed by atoms with Crippen molar-refractivity contribution in [1.29, 1.82) is 0 Å². The van der Waals surface area contributed by atoms with Crippen LogP contribution in [-0.2, 0) is 30.7 Å². The van der Waals surface area contributed by atoms with Crippen molar-refractivity contribution in [2.24, 2.45) is 14.1 Å². The second kappa shape index (κ2) is 6.73. The van der Waals surface area contributed by atoms with Gasteiger partial charge in [-0.2, -0.15) is 5.10 Å². The molecular formula is C18H17N5O4S. The van der Waals surface area contributed by atoms with Crippen LogP contribution in [0, 0.1) is 0 Å². The topological polar surface area (TPSA) is 112 Å². The van der Waals surface area contributed by atoms with Crippen molar-refractivity contribution in [2.45, 2.75) is 11.4 Å². The summed E-state index contributed by atoms with van der Waals surface area (Å²) in [6.45, 7) is 0.0639. The number of fused-ring (bicyclic) bond motifs is 1. The average molecular weight is 399 g/mol. The van der Waals surface area contributed by atoms with Crippen LogP contribution < -0.4 is 10.5 Å². The first kappa shape index (κ1) is 18.1. The van der Waals surface area contributed by atoms with Gasteiger partial charge in [0.05, 0.1) is 28.3 Å². The Balaban J connectivity index is 1.58. The number of hydrogen-bond donors (Lipinski definition) is 1. The summed E-state index contributed by atoms with van der Waals surface area (Å²) < 4.78 is 35.8. The minimum atomic E-state index is -3.79. The number of pyridine rings is 1. The molecule has 1 aromatic carbocycles. The highest BCUT2D eigenvalue weighted by Crippen LogP contribution is 2.20. The van der Waals surface area contributed by atoms with Crippen LogP contribution in [0.5, 0.6) is 0 Å². The monoisotopic (exact) mass is 399 g/mol. The van der Waals surface area contributed by atoms with Gasteiger partial charge in [0.2, 0.25) is 10.0 Å². The van der Waals surface area contributed by atoms with E-state index in [9.17, 15) is 13.2 Å². The van der Waals surface area contributed by atoms with Crippen molar-refractivity contribution >= 4 is 21.1 Å². The molecule has 0 aliphatic heterocycles. The van der Waals surface area contributed by atoms with Crippen molar-refractivity contribution in [3.8, 4) is 11.3 Å². The summed E-state index contributed by atoms with van der Waals surface area (Å²) in [6, 6.07) is 9.78. The van der Waals surface area contributed by atoms with E-state index < -0.39 is 15.8 Å². The Morgan fingerprint density at radius 3 is 2.75 bits per heavy atom. The predicted molar refractivity (Wildman–Crippen MR) is 102 cm³/mol. The molecule has 4 rings (SSSR count). The molecule has 0 aliphatic rings. The zero-order chi connectivity index (χ0) is 19.9. The van der Waals surface area contributed by atoms with E-state index in [1.165, 1.54) is 29.8 Å². The van der Waals surface area contributed by atoms with Gasteiger partial charge in [-0.15, -0.1) is 0 Å². The smallest absolute Gasteiger partial charge is 0.408 e. The Bertz CT molecular complexity index is 1320. The Kier molecular flexibility index (Phi) is 4.36. The maximum absolute atomic E-state index is 12.7. The number of aryl methyl sites for hydroxylation is 2. The van der Waals surface area contributed by atoms with E-state index in [-0.39, 0.29) is 11.4 Å². The fourth-order valence-electron chi connectivity index (χ4n) is 2.85. The molecule has 1 N–H and O–H groups in total. The first-order valence-electron chi connectivity index (χ1n) is 8.38. The first-order chi connectivity index (χ1) is 13.3. The van der Waals surface area contributed by atoms with Gasteiger partial charge in [-0.05, 0) is 36.4 Å². The number of rotatable bonds is 5. The van der Waals surface area contributed by atoms with Crippen LogP contribution in [0.1, 0.15) is 5.69 Å². The van der Waals surface area contributed by atoms with Crippen molar-refractivity contribution in [3.63, 3.8) is 0 Å². The molecule has 0 radical (unpaired) electrons. The quantitative estimate of drug-likeness (QED) is 0.543. The normalized spacial score (nSPS) is 11.9. The van der Waals surface area contributed by atoms with Gasteiger partial charge in [0.1, 0.15) is 0 Å². The van der Waals surface area contributed by atoms with E-state index in [0.717, 1.165) is 5.56 Å². The number of hydrogen-bond acceptors (Lipinski definition) is 6. The SMILES string of the molecule is Cn1nc(-c2cccnc2)cc1CNS(=O)(=O)c1ccc2oc(=O)n(C)c2c1. The summed E-state index contributed by atoms with van der Waals surface area (Å²) in [5.41, 5.74) is 2.99. The number of benzene rings is 1. The van der Waals surface area contributed by atoms with E-state index in [1.807, 2.05) is 18.2 Å². The molecule has 3 heterocycles. The fraction of sp³-hybridized carbons (Fsp3) is 0.167. The van der Waals surface area contributed by atoms with Gasteiger partial charge < -0.3 is 4.42 Å². The molecule has 0 atom stereocenters. The molecule has 144 valence electrons. The maximum atomic E-state index is 12.7. The molecule has 0 bridgehead atoms. The van der Waals surface area contributed by atoms with Crippen LogP contribution in [0.3, 0.4) is 0 Å². The van der Waals surface area contributed by atoms with Crippen molar-refractivity contribution in [2.75, 3.05) is 0 Å². The van der Waals surface area contributed by atoms with Gasteiger partial charge in [-0.25, -0.2) is 17.9 Å². The number of aromatic nitrogens is 4. The molecule has 10 heteroatoms. The molecule has 0 aliphatic carbocycles. The lowest BCUT2D eigenvalue weighted by Crippen LogP contribution is -2.24. The number of nitrogens with one attached hydrogen (secondary N) is 1. The van der Waals surface area contributed by atoms with E-state index in [2.05, 4.69) is 14.8 Å². The Hall–Kier alpha value is -3.24. The molecule has 0 spiro atoms. The molecule has 4 aromatic rings. The van der Waals surface area contributed by atoms with E-state index in [1.54, 1.807) is 24.1 Å². The van der Waals surface area contributed by atoms with Gasteiger partial charge in [0, 0.05) is 32.1 Å². The lowest BCUT2D eigenvalue weighted by Gasteiger charge is -2.07. The zero-order valence-electron chi connectivity index (χ0n) is 15.2. The summed E-state index contributed by atoms with van der Waals surface area (Å²) in [7, 11) is -0.522. The van der Waals surface area contributed by atoms with Crippen molar-refractivity contribution < 1.29 is 12.8 Å². The summed E-state index contributed by atoms with van der Waals surface area (Å²) in [5.74, 6) is -0.546. The van der Waals surface area contributed by atoms with Crippen molar-refractivity contribution in [1.82, 2.24) is 24.1 Å². The highest BCUT2D eigenvalue weighted by Gasteiger charge is 2.18. The lowest BCUT2D eigenvalue weighted by molar-refractivity contribution is 0.528. The summed E-state index contributed by atoms with van der Waals surface area (Å²) in [5, 5.41) is 4.40. The Morgan fingerprint density at radius 2 is 2.00 bits per heavy atom. The molecule has 0 unspecified atom stereocenters. The maximum Gasteiger partial charge on any atom is 0.419 e. The third-order valence-electron chi connectivity index (χ3n) is 4.45. The standard InChI is InChI=1S/C18H17N5O4S/c1-22-16-9-14(5-6-17(16)27-18(22)24)28(25,26)20-11-13-8-15(21-23(13)2)12-4-3-7-19-10-12/h3-10,20H,11H2,1-2H3. The molecule has 0 fully saturated rings. The molecule has 0 saturated carbocycles. The van der Waals surface area contributed by atoms with Gasteiger partial charge in [-0.3, -0.25) is 14.2 Å². The summed E-state index contributed by atoms with van der Waals surface area (Å²) >= 11 is 0. The first-order valence-corrected chi connectivity index (χ1v) is 9.86. The van der Waals surface area contributed by atoms with Gasteiger partial charge in [0.25, 0.3) is 0 Å². The summed E-state index contributed by atoms with van der Waals surface area (Å²) in [6.07, 6.45) is 3.37. The van der Waals surface area contributed by atoms with Crippen LogP contribution in [-0.4, -0.2) is 27.7 Å². The Morgan fingerprint density at radius 1 is 1.18 bits per heavy atom. The van der Waals surface area contributed by atoms with Crippen molar-refractivity contribution in [3.05, 3.63) is 65.0 Å².